The Kier molecular flexibility index (Phi) is 13.1. The van der Waals surface area contributed by atoms with Gasteiger partial charge in [-0.25, -0.2) is 0 Å². The molecule has 0 heterocycles. The summed E-state index contributed by atoms with van der Waals surface area (Å²) in [4.78, 5) is 0. The van der Waals surface area contributed by atoms with Crippen LogP contribution in [0.3, 0.4) is 0 Å². The molecular weight excluding hydrogens is 258 g/mol. The summed E-state index contributed by atoms with van der Waals surface area (Å²) < 4.78 is 16.9. The molecule has 2 N–H and O–H groups in total. The molecule has 5 heteroatoms. The van der Waals surface area contributed by atoms with Crippen LogP contribution in [0.15, 0.2) is 0 Å². The zero-order valence-electron chi connectivity index (χ0n) is 13.1. The molecule has 19 heavy (non-hydrogen) atoms. The number of hydrogen-bond donors (Lipinski definition) is 1. The lowest BCUT2D eigenvalue weighted by molar-refractivity contribution is 0.0959. The summed E-state index contributed by atoms with van der Waals surface area (Å²) in [5, 5.41) is 0. The van der Waals surface area contributed by atoms with Crippen LogP contribution in [0.4, 0.5) is 0 Å². The monoisotopic (exact) mass is 291 g/mol. The molecule has 0 aliphatic heterocycles. The number of unbranched alkanes of at least 4 members (excludes halogenated alkanes) is 6. The Morgan fingerprint density at radius 3 is 1.95 bits per heavy atom. The standard InChI is InChI=1S/C14H33NO3Si/c1-4-5-6-7-8-9-10-13-18-19(16-2,17-3)14-11-12-15/h4-15H2,1-3H3. The highest BCUT2D eigenvalue weighted by atomic mass is 28.4. The minimum absolute atomic E-state index is 0.655. The van der Waals surface area contributed by atoms with Crippen molar-refractivity contribution in [2.45, 2.75) is 64.3 Å². The first-order valence-electron chi connectivity index (χ1n) is 7.69. The summed E-state index contributed by atoms with van der Waals surface area (Å²) in [5.41, 5.74) is 5.53. The average molecular weight is 292 g/mol. The molecular formula is C14H33NO3Si. The van der Waals surface area contributed by atoms with Crippen molar-refractivity contribution in [3.63, 3.8) is 0 Å². The molecule has 0 radical (unpaired) electrons. The van der Waals surface area contributed by atoms with E-state index in [0.29, 0.717) is 6.54 Å². The van der Waals surface area contributed by atoms with Crippen molar-refractivity contribution < 1.29 is 13.3 Å². The third-order valence-corrected chi connectivity index (χ3v) is 6.23. The van der Waals surface area contributed by atoms with Gasteiger partial charge in [-0.05, 0) is 19.4 Å². The van der Waals surface area contributed by atoms with E-state index in [0.717, 1.165) is 25.5 Å². The second-order valence-corrected chi connectivity index (χ2v) is 7.92. The predicted octanol–water partition coefficient (Wildman–Crippen LogP) is 3.33. The average Bonchev–Trinajstić information content (AvgIpc) is 2.45. The van der Waals surface area contributed by atoms with Gasteiger partial charge in [0.25, 0.3) is 0 Å². The summed E-state index contributed by atoms with van der Waals surface area (Å²) in [6.07, 6.45) is 9.90. The van der Waals surface area contributed by atoms with Crippen molar-refractivity contribution in [3.8, 4) is 0 Å². The van der Waals surface area contributed by atoms with E-state index < -0.39 is 8.80 Å². The van der Waals surface area contributed by atoms with E-state index in [2.05, 4.69) is 6.92 Å². The summed E-state index contributed by atoms with van der Waals surface area (Å²) >= 11 is 0. The number of hydrogen-bond acceptors (Lipinski definition) is 4. The van der Waals surface area contributed by atoms with Gasteiger partial charge in [0.1, 0.15) is 0 Å². The summed E-state index contributed by atoms with van der Waals surface area (Å²) in [6.45, 7) is 3.64. The number of nitrogens with two attached hydrogens (primary N) is 1. The van der Waals surface area contributed by atoms with E-state index >= 15 is 0 Å². The summed E-state index contributed by atoms with van der Waals surface area (Å²) in [6, 6.07) is 0.812. The molecule has 0 fully saturated rings. The molecule has 0 aliphatic rings. The Hall–Kier alpha value is 0.0569. The normalized spacial score (nSPS) is 12.0. The maximum Gasteiger partial charge on any atom is 0.500 e. The predicted molar refractivity (Wildman–Crippen MR) is 82.2 cm³/mol. The highest BCUT2D eigenvalue weighted by Crippen LogP contribution is 2.16. The lowest BCUT2D eigenvalue weighted by Crippen LogP contribution is -2.44. The van der Waals surface area contributed by atoms with Crippen LogP contribution in [0, 0.1) is 0 Å². The molecule has 0 aliphatic carbocycles. The first kappa shape index (κ1) is 19.1. The molecule has 0 spiro atoms. The van der Waals surface area contributed by atoms with E-state index in [1.54, 1.807) is 14.2 Å². The second kappa shape index (κ2) is 13.1. The van der Waals surface area contributed by atoms with Crippen molar-refractivity contribution in [2.24, 2.45) is 5.73 Å². The zero-order chi connectivity index (χ0) is 14.4. The Balaban J connectivity index is 3.63. The van der Waals surface area contributed by atoms with Crippen molar-refractivity contribution in [1.82, 2.24) is 0 Å². The fourth-order valence-corrected chi connectivity index (χ4v) is 4.13. The molecule has 0 atom stereocenters. The van der Waals surface area contributed by atoms with Gasteiger partial charge in [0, 0.05) is 26.9 Å². The molecule has 0 saturated heterocycles. The molecule has 0 aromatic rings. The van der Waals surface area contributed by atoms with E-state index in [4.69, 9.17) is 19.0 Å². The molecule has 0 rings (SSSR count). The topological polar surface area (TPSA) is 53.7 Å². The summed E-state index contributed by atoms with van der Waals surface area (Å²) in [7, 11) is 0.930. The first-order valence-corrected chi connectivity index (χ1v) is 9.62. The van der Waals surface area contributed by atoms with Gasteiger partial charge in [-0.2, -0.15) is 0 Å². The Labute approximate surface area is 120 Å². The summed E-state index contributed by atoms with van der Waals surface area (Å²) in [5.74, 6) is 0. The quantitative estimate of drug-likeness (QED) is 0.394. The molecule has 0 amide bonds. The van der Waals surface area contributed by atoms with Crippen molar-refractivity contribution in [3.05, 3.63) is 0 Å². The smallest absolute Gasteiger partial charge is 0.377 e. The largest absolute Gasteiger partial charge is 0.500 e. The Morgan fingerprint density at radius 1 is 0.842 bits per heavy atom. The van der Waals surface area contributed by atoms with Crippen LogP contribution in [0.5, 0.6) is 0 Å². The SMILES string of the molecule is CCCCCCCCCO[Si](CCCN)(OC)OC. The van der Waals surface area contributed by atoms with Gasteiger partial charge in [0.2, 0.25) is 0 Å². The van der Waals surface area contributed by atoms with Crippen molar-refractivity contribution in [2.75, 3.05) is 27.4 Å². The van der Waals surface area contributed by atoms with Gasteiger partial charge < -0.3 is 19.0 Å². The van der Waals surface area contributed by atoms with Crippen LogP contribution < -0.4 is 5.73 Å². The van der Waals surface area contributed by atoms with Crippen LogP contribution in [0.25, 0.3) is 0 Å². The van der Waals surface area contributed by atoms with E-state index in [1.165, 1.54) is 38.5 Å². The van der Waals surface area contributed by atoms with Crippen LogP contribution in [-0.4, -0.2) is 36.2 Å². The maximum absolute atomic E-state index is 5.90. The van der Waals surface area contributed by atoms with E-state index in [1.807, 2.05) is 0 Å². The van der Waals surface area contributed by atoms with Gasteiger partial charge >= 0.3 is 8.80 Å². The molecule has 0 aromatic heterocycles. The van der Waals surface area contributed by atoms with Gasteiger partial charge in [0.15, 0.2) is 0 Å². The Morgan fingerprint density at radius 2 is 1.42 bits per heavy atom. The zero-order valence-corrected chi connectivity index (χ0v) is 14.1. The fraction of sp³-hybridized carbons (Fsp3) is 1.00. The van der Waals surface area contributed by atoms with Crippen LogP contribution >= 0.6 is 0 Å². The lowest BCUT2D eigenvalue weighted by Gasteiger charge is -2.26. The molecule has 4 nitrogen and oxygen atoms in total. The fourth-order valence-electron chi connectivity index (χ4n) is 2.08. The van der Waals surface area contributed by atoms with Crippen molar-refractivity contribution >= 4 is 8.80 Å². The second-order valence-electron chi connectivity index (χ2n) is 4.95. The maximum atomic E-state index is 5.90. The van der Waals surface area contributed by atoms with Crippen LogP contribution in [0.1, 0.15) is 58.3 Å². The van der Waals surface area contributed by atoms with Gasteiger partial charge in [-0.1, -0.05) is 45.4 Å². The van der Waals surface area contributed by atoms with Gasteiger partial charge in [0.05, 0.1) is 0 Å². The van der Waals surface area contributed by atoms with E-state index in [-0.39, 0.29) is 0 Å². The minimum Gasteiger partial charge on any atom is -0.377 e. The van der Waals surface area contributed by atoms with Crippen LogP contribution in [-0.2, 0) is 13.3 Å². The van der Waals surface area contributed by atoms with Gasteiger partial charge in [-0.3, -0.25) is 0 Å². The van der Waals surface area contributed by atoms with Crippen molar-refractivity contribution in [1.29, 1.82) is 0 Å². The third-order valence-electron chi connectivity index (χ3n) is 3.38. The minimum atomic E-state index is -2.43. The van der Waals surface area contributed by atoms with Gasteiger partial charge in [-0.15, -0.1) is 0 Å². The molecule has 0 bridgehead atoms. The molecule has 0 unspecified atom stereocenters. The third kappa shape index (κ3) is 9.57. The van der Waals surface area contributed by atoms with Crippen LogP contribution in [0.2, 0.25) is 6.04 Å². The first-order chi connectivity index (χ1) is 9.24. The van der Waals surface area contributed by atoms with E-state index in [9.17, 15) is 0 Å². The highest BCUT2D eigenvalue weighted by Gasteiger charge is 2.37. The molecule has 0 saturated carbocycles. The molecule has 0 aromatic carbocycles. The molecule has 116 valence electrons. The lowest BCUT2D eigenvalue weighted by atomic mass is 10.1. The number of rotatable bonds is 14. The Bertz CT molecular complexity index is 190. The highest BCUT2D eigenvalue weighted by molar-refractivity contribution is 6.60.